The number of halogens is 1. The molecule has 3 aromatic carbocycles. The van der Waals surface area contributed by atoms with E-state index in [0.29, 0.717) is 5.56 Å². The van der Waals surface area contributed by atoms with Crippen LogP contribution in [0.15, 0.2) is 77.7 Å². The Balaban J connectivity index is 1.56. The molecule has 0 fully saturated rings. The average molecular weight is 424 g/mol. The van der Waals surface area contributed by atoms with E-state index < -0.39 is 15.8 Å². The summed E-state index contributed by atoms with van der Waals surface area (Å²) >= 11 is 0. The number of hydrogen-bond acceptors (Lipinski definition) is 3. The van der Waals surface area contributed by atoms with Crippen molar-refractivity contribution in [1.82, 2.24) is 4.72 Å². The summed E-state index contributed by atoms with van der Waals surface area (Å²) in [5.74, 6) is -0.573. The second-order valence-corrected chi connectivity index (χ2v) is 9.10. The van der Waals surface area contributed by atoms with Gasteiger partial charge < -0.3 is 4.90 Å². The van der Waals surface area contributed by atoms with Gasteiger partial charge in [0.2, 0.25) is 10.0 Å². The van der Waals surface area contributed by atoms with Gasteiger partial charge in [0, 0.05) is 23.8 Å². The zero-order valence-electron chi connectivity index (χ0n) is 16.4. The number of amides is 1. The molecular formula is C23H21FN2O3S. The molecule has 1 amide bonds. The first kappa shape index (κ1) is 20.3. The fraction of sp³-hybridized carbons (Fsp3) is 0.174. The normalized spacial score (nSPS) is 15.8. The van der Waals surface area contributed by atoms with Crippen molar-refractivity contribution < 1.29 is 17.6 Å². The van der Waals surface area contributed by atoms with E-state index >= 15 is 0 Å². The number of carbonyl (C=O) groups excluding carboxylic acids is 1. The first-order chi connectivity index (χ1) is 14.3. The van der Waals surface area contributed by atoms with Gasteiger partial charge >= 0.3 is 0 Å². The zero-order chi connectivity index (χ0) is 21.3. The van der Waals surface area contributed by atoms with Crippen LogP contribution in [0.2, 0.25) is 0 Å². The molecular weight excluding hydrogens is 403 g/mol. The molecule has 4 rings (SSSR count). The number of nitrogens with zero attached hydrogens (tertiary/aromatic N) is 1. The maximum atomic E-state index is 13.1. The quantitative estimate of drug-likeness (QED) is 0.676. The number of fused-ring (bicyclic) bond motifs is 1. The summed E-state index contributed by atoms with van der Waals surface area (Å²) in [6.07, 6.45) is 0.746. The van der Waals surface area contributed by atoms with Crippen molar-refractivity contribution in [3.63, 3.8) is 0 Å². The largest absolute Gasteiger partial charge is 0.305 e. The van der Waals surface area contributed by atoms with Gasteiger partial charge in [0.05, 0.1) is 4.90 Å². The highest BCUT2D eigenvalue weighted by Crippen LogP contribution is 2.34. The van der Waals surface area contributed by atoms with E-state index in [1.54, 1.807) is 17.0 Å². The Morgan fingerprint density at radius 1 is 1.07 bits per heavy atom. The van der Waals surface area contributed by atoms with Crippen molar-refractivity contribution in [3.05, 3.63) is 95.3 Å². The second-order valence-electron chi connectivity index (χ2n) is 7.34. The minimum Gasteiger partial charge on any atom is -0.305 e. The van der Waals surface area contributed by atoms with E-state index in [2.05, 4.69) is 4.72 Å². The lowest BCUT2D eigenvalue weighted by atomic mass is 10.1. The molecule has 0 aromatic heterocycles. The summed E-state index contributed by atoms with van der Waals surface area (Å²) in [6.45, 7) is 2.06. The molecule has 7 heteroatoms. The Bertz CT molecular complexity index is 1180. The van der Waals surface area contributed by atoms with Crippen LogP contribution in [0.3, 0.4) is 0 Å². The number of anilines is 1. The van der Waals surface area contributed by atoms with Gasteiger partial charge in [-0.25, -0.2) is 17.5 Å². The third kappa shape index (κ3) is 3.99. The molecule has 30 heavy (non-hydrogen) atoms. The SMILES string of the molecule is C[C@@H]1Cc2ccc(CNS(=O)(=O)c3ccc(F)cc3)cc2N1C(=O)c1ccccc1. The smallest absolute Gasteiger partial charge is 0.258 e. The van der Waals surface area contributed by atoms with Crippen molar-refractivity contribution in [1.29, 1.82) is 0 Å². The molecule has 0 unspecified atom stereocenters. The van der Waals surface area contributed by atoms with Crippen molar-refractivity contribution in [3.8, 4) is 0 Å². The predicted molar refractivity (Wildman–Crippen MR) is 113 cm³/mol. The van der Waals surface area contributed by atoms with Crippen LogP contribution < -0.4 is 9.62 Å². The van der Waals surface area contributed by atoms with Gasteiger partial charge in [-0.3, -0.25) is 4.79 Å². The molecule has 0 aliphatic carbocycles. The second kappa shape index (κ2) is 8.01. The topological polar surface area (TPSA) is 66.5 Å². The Kier molecular flexibility index (Phi) is 5.40. The van der Waals surface area contributed by atoms with Gasteiger partial charge in [-0.05, 0) is 66.9 Å². The Labute approximate surface area is 175 Å². The fourth-order valence-corrected chi connectivity index (χ4v) is 4.69. The zero-order valence-corrected chi connectivity index (χ0v) is 17.2. The highest BCUT2D eigenvalue weighted by atomic mass is 32.2. The van der Waals surface area contributed by atoms with Crippen molar-refractivity contribution in [2.75, 3.05) is 4.90 Å². The van der Waals surface area contributed by atoms with Gasteiger partial charge in [0.15, 0.2) is 0 Å². The van der Waals surface area contributed by atoms with E-state index in [1.807, 2.05) is 43.3 Å². The predicted octanol–water partition coefficient (Wildman–Crippen LogP) is 3.90. The molecule has 0 saturated heterocycles. The minimum atomic E-state index is -3.77. The average Bonchev–Trinajstić information content (AvgIpc) is 3.07. The third-order valence-electron chi connectivity index (χ3n) is 5.20. The lowest BCUT2D eigenvalue weighted by Gasteiger charge is -2.23. The lowest BCUT2D eigenvalue weighted by molar-refractivity contribution is 0.0981. The maximum absolute atomic E-state index is 13.1. The Morgan fingerprint density at radius 2 is 1.77 bits per heavy atom. The van der Waals surface area contributed by atoms with Crippen LogP contribution in [-0.4, -0.2) is 20.4 Å². The molecule has 5 nitrogen and oxygen atoms in total. The van der Waals surface area contributed by atoms with Crippen LogP contribution in [0.1, 0.15) is 28.4 Å². The fourth-order valence-electron chi connectivity index (χ4n) is 3.67. The molecule has 154 valence electrons. The molecule has 0 radical (unpaired) electrons. The van der Waals surface area contributed by atoms with E-state index in [1.165, 1.54) is 12.1 Å². The van der Waals surface area contributed by atoms with Crippen LogP contribution >= 0.6 is 0 Å². The van der Waals surface area contributed by atoms with Crippen LogP contribution in [0.5, 0.6) is 0 Å². The van der Waals surface area contributed by atoms with Crippen LogP contribution in [0.4, 0.5) is 10.1 Å². The summed E-state index contributed by atoms with van der Waals surface area (Å²) in [5, 5.41) is 0. The first-order valence-corrected chi connectivity index (χ1v) is 11.1. The number of sulfonamides is 1. The van der Waals surface area contributed by atoms with Gasteiger partial charge in [0.1, 0.15) is 5.82 Å². The molecule has 1 atom stereocenters. The summed E-state index contributed by atoms with van der Waals surface area (Å²) in [6, 6.07) is 19.4. The van der Waals surface area contributed by atoms with Crippen LogP contribution in [-0.2, 0) is 23.0 Å². The highest BCUT2D eigenvalue weighted by molar-refractivity contribution is 7.89. The standard InChI is InChI=1S/C23H21FN2O3S/c1-16-13-19-8-7-17(15-25-30(28,29)21-11-9-20(24)10-12-21)14-22(19)26(16)23(27)18-5-3-2-4-6-18/h2-12,14,16,25H,13,15H2,1H3/t16-/m1/s1. The number of nitrogens with one attached hydrogen (secondary N) is 1. The lowest BCUT2D eigenvalue weighted by Crippen LogP contribution is -2.35. The molecule has 1 aliphatic rings. The molecule has 1 aliphatic heterocycles. The van der Waals surface area contributed by atoms with Crippen molar-refractivity contribution >= 4 is 21.6 Å². The minimum absolute atomic E-state index is 0.000404. The van der Waals surface area contributed by atoms with Crippen molar-refractivity contribution in [2.24, 2.45) is 0 Å². The molecule has 0 spiro atoms. The van der Waals surface area contributed by atoms with Crippen molar-refractivity contribution in [2.45, 2.75) is 30.8 Å². The van der Waals surface area contributed by atoms with Crippen LogP contribution in [0, 0.1) is 5.82 Å². The monoisotopic (exact) mass is 424 g/mol. The van der Waals surface area contributed by atoms with Gasteiger partial charge in [0.25, 0.3) is 5.91 Å². The van der Waals surface area contributed by atoms with E-state index in [4.69, 9.17) is 0 Å². The first-order valence-electron chi connectivity index (χ1n) is 9.61. The van der Waals surface area contributed by atoms with Gasteiger partial charge in [-0.15, -0.1) is 0 Å². The van der Waals surface area contributed by atoms with Gasteiger partial charge in [-0.2, -0.15) is 0 Å². The Morgan fingerprint density at radius 3 is 2.47 bits per heavy atom. The summed E-state index contributed by atoms with van der Waals surface area (Å²) in [7, 11) is -3.77. The number of hydrogen-bond donors (Lipinski definition) is 1. The third-order valence-corrected chi connectivity index (χ3v) is 6.61. The highest BCUT2D eigenvalue weighted by Gasteiger charge is 2.31. The molecule has 0 bridgehead atoms. The van der Waals surface area contributed by atoms with Gasteiger partial charge in [-0.1, -0.05) is 30.3 Å². The molecule has 1 N–H and O–H groups in total. The molecule has 1 heterocycles. The Hall–Kier alpha value is -3.03. The maximum Gasteiger partial charge on any atom is 0.258 e. The summed E-state index contributed by atoms with van der Waals surface area (Å²) in [5.41, 5.74) is 3.20. The summed E-state index contributed by atoms with van der Waals surface area (Å²) in [4.78, 5) is 14.8. The molecule has 3 aromatic rings. The number of rotatable bonds is 5. The molecule has 0 saturated carbocycles. The van der Waals surface area contributed by atoms with Crippen LogP contribution in [0.25, 0.3) is 0 Å². The van der Waals surface area contributed by atoms with E-state index in [0.717, 1.165) is 35.4 Å². The number of carbonyl (C=O) groups is 1. The number of benzene rings is 3. The summed E-state index contributed by atoms with van der Waals surface area (Å²) < 4.78 is 40.5. The van der Waals surface area contributed by atoms with E-state index in [-0.39, 0.29) is 23.4 Å². The van der Waals surface area contributed by atoms with E-state index in [9.17, 15) is 17.6 Å².